The van der Waals surface area contributed by atoms with E-state index in [-0.39, 0.29) is 17.4 Å². The number of nitrogens with zero attached hydrogens (tertiary/aromatic N) is 7. The van der Waals surface area contributed by atoms with E-state index >= 15 is 0 Å². The SMILES string of the molecule is CCSc1ccc(CNc2nc3ncc(-c4nccnc4C4CC4)nc3n(C(C)C3CC3)c2=O)nc1. The maximum Gasteiger partial charge on any atom is 0.295 e. The molecule has 9 nitrogen and oxygen atoms in total. The number of nitrogens with one attached hydrogen (secondary N) is 1. The van der Waals surface area contributed by atoms with Gasteiger partial charge >= 0.3 is 0 Å². The van der Waals surface area contributed by atoms with Crippen LogP contribution in [-0.4, -0.2) is 40.2 Å². The molecule has 4 aromatic heterocycles. The molecule has 0 amide bonds. The quantitative estimate of drug-likeness (QED) is 0.329. The molecule has 0 saturated heterocycles. The van der Waals surface area contributed by atoms with E-state index < -0.39 is 0 Å². The molecule has 6 rings (SSSR count). The van der Waals surface area contributed by atoms with Gasteiger partial charge in [0.15, 0.2) is 17.1 Å². The summed E-state index contributed by atoms with van der Waals surface area (Å²) in [5.41, 5.74) is 3.92. The highest BCUT2D eigenvalue weighted by atomic mass is 32.2. The van der Waals surface area contributed by atoms with Gasteiger partial charge in [-0.15, -0.1) is 11.8 Å². The van der Waals surface area contributed by atoms with Crippen LogP contribution in [0.4, 0.5) is 5.82 Å². The molecule has 2 aliphatic rings. The van der Waals surface area contributed by atoms with Gasteiger partial charge in [-0.05, 0) is 56.4 Å². The molecule has 1 unspecified atom stereocenters. The summed E-state index contributed by atoms with van der Waals surface area (Å²) in [6.07, 6.45) is 11.4. The molecular weight excluding hydrogens is 472 g/mol. The van der Waals surface area contributed by atoms with E-state index in [9.17, 15) is 4.79 Å². The lowest BCUT2D eigenvalue weighted by Crippen LogP contribution is -2.29. The van der Waals surface area contributed by atoms with Gasteiger partial charge in [-0.1, -0.05) is 6.92 Å². The second-order valence-corrected chi connectivity index (χ2v) is 10.8. The highest BCUT2D eigenvalue weighted by molar-refractivity contribution is 7.99. The summed E-state index contributed by atoms with van der Waals surface area (Å²) >= 11 is 1.75. The van der Waals surface area contributed by atoms with Gasteiger partial charge in [0.05, 0.1) is 24.1 Å². The molecule has 0 aliphatic heterocycles. The van der Waals surface area contributed by atoms with Gasteiger partial charge < -0.3 is 5.32 Å². The molecule has 0 aromatic carbocycles. The van der Waals surface area contributed by atoms with Crippen molar-refractivity contribution in [3.63, 3.8) is 0 Å². The maximum atomic E-state index is 13.7. The number of rotatable bonds is 9. The Balaban J connectivity index is 1.38. The molecule has 0 radical (unpaired) electrons. The zero-order chi connectivity index (χ0) is 24.6. The Bertz CT molecular complexity index is 1460. The lowest BCUT2D eigenvalue weighted by Gasteiger charge is -2.18. The van der Waals surface area contributed by atoms with Gasteiger partial charge in [0.1, 0.15) is 11.4 Å². The minimum absolute atomic E-state index is 0.00124. The highest BCUT2D eigenvalue weighted by Gasteiger charge is 2.33. The van der Waals surface area contributed by atoms with Gasteiger partial charge in [-0.3, -0.25) is 24.3 Å². The molecule has 184 valence electrons. The fourth-order valence-electron chi connectivity index (χ4n) is 4.52. The van der Waals surface area contributed by atoms with Crippen LogP contribution in [0.25, 0.3) is 22.7 Å². The smallest absolute Gasteiger partial charge is 0.295 e. The zero-order valence-corrected chi connectivity index (χ0v) is 21.2. The Morgan fingerprint density at radius 2 is 1.89 bits per heavy atom. The van der Waals surface area contributed by atoms with Crippen LogP contribution in [0, 0.1) is 5.92 Å². The largest absolute Gasteiger partial charge is 0.360 e. The second-order valence-electron chi connectivity index (χ2n) is 9.45. The number of hydrogen-bond donors (Lipinski definition) is 1. The first kappa shape index (κ1) is 23.0. The van der Waals surface area contributed by atoms with Crippen LogP contribution in [0.15, 0.2) is 46.6 Å². The predicted molar refractivity (Wildman–Crippen MR) is 140 cm³/mol. The molecule has 1 atom stereocenters. The third-order valence-corrected chi connectivity index (χ3v) is 7.66. The van der Waals surface area contributed by atoms with Crippen molar-refractivity contribution in [2.75, 3.05) is 11.1 Å². The monoisotopic (exact) mass is 500 g/mol. The van der Waals surface area contributed by atoms with Gasteiger partial charge in [-0.25, -0.2) is 15.0 Å². The van der Waals surface area contributed by atoms with Gasteiger partial charge in [0.2, 0.25) is 0 Å². The van der Waals surface area contributed by atoms with Crippen molar-refractivity contribution < 1.29 is 0 Å². The predicted octanol–water partition coefficient (Wildman–Crippen LogP) is 4.61. The van der Waals surface area contributed by atoms with E-state index in [0.29, 0.717) is 35.4 Å². The number of hydrogen-bond acceptors (Lipinski definition) is 9. The minimum atomic E-state index is -0.187. The third-order valence-electron chi connectivity index (χ3n) is 6.79. The molecule has 2 fully saturated rings. The van der Waals surface area contributed by atoms with Crippen molar-refractivity contribution in [2.45, 2.75) is 62.9 Å². The highest BCUT2D eigenvalue weighted by Crippen LogP contribution is 2.42. The van der Waals surface area contributed by atoms with Crippen molar-refractivity contribution in [3.05, 3.63) is 58.7 Å². The van der Waals surface area contributed by atoms with Crippen LogP contribution < -0.4 is 10.9 Å². The molecule has 2 aliphatic carbocycles. The summed E-state index contributed by atoms with van der Waals surface area (Å²) in [4.78, 5) is 42.5. The summed E-state index contributed by atoms with van der Waals surface area (Å²) < 4.78 is 1.76. The number of anilines is 1. The maximum absolute atomic E-state index is 13.7. The minimum Gasteiger partial charge on any atom is -0.360 e. The van der Waals surface area contributed by atoms with Crippen LogP contribution in [0.1, 0.15) is 62.9 Å². The van der Waals surface area contributed by atoms with E-state index in [1.54, 1.807) is 34.9 Å². The average Bonchev–Trinajstić information content (AvgIpc) is 3.82. The van der Waals surface area contributed by atoms with Crippen molar-refractivity contribution in [2.24, 2.45) is 5.92 Å². The Morgan fingerprint density at radius 3 is 2.61 bits per heavy atom. The second kappa shape index (κ2) is 9.57. The Hall–Kier alpha value is -3.40. The molecule has 4 heterocycles. The van der Waals surface area contributed by atoms with Gasteiger partial charge in [0, 0.05) is 35.4 Å². The first-order valence-corrected chi connectivity index (χ1v) is 13.5. The standard InChI is InChI=1S/C26H28N8OS/c1-3-36-19-9-8-18(29-13-19)12-30-24-26(35)34(15(2)16-4-5-16)25-23(33-24)31-14-20(32-25)22-21(17-6-7-17)27-10-11-28-22/h8-11,13-17H,3-7,12H2,1-2H3,(H,30,31,33). The summed E-state index contributed by atoms with van der Waals surface area (Å²) in [7, 11) is 0. The summed E-state index contributed by atoms with van der Waals surface area (Å²) in [5.74, 6) is 2.15. The Morgan fingerprint density at radius 1 is 1.06 bits per heavy atom. The van der Waals surface area contributed by atoms with Gasteiger partial charge in [0.25, 0.3) is 5.56 Å². The lowest BCUT2D eigenvalue weighted by atomic mass is 10.1. The lowest BCUT2D eigenvalue weighted by molar-refractivity contribution is 0.482. The molecule has 36 heavy (non-hydrogen) atoms. The van der Waals surface area contributed by atoms with E-state index in [4.69, 9.17) is 4.98 Å². The molecule has 1 N–H and O–H groups in total. The molecule has 10 heteroatoms. The topological polar surface area (TPSA) is 111 Å². The molecular formula is C26H28N8OS. The van der Waals surface area contributed by atoms with E-state index in [2.05, 4.69) is 50.2 Å². The molecule has 0 bridgehead atoms. The molecule has 4 aromatic rings. The van der Waals surface area contributed by atoms with Crippen molar-refractivity contribution in [1.29, 1.82) is 0 Å². The van der Waals surface area contributed by atoms with Gasteiger partial charge in [-0.2, -0.15) is 0 Å². The number of thioether (sulfide) groups is 1. The Kier molecular flexibility index (Phi) is 6.12. The zero-order valence-electron chi connectivity index (χ0n) is 20.4. The average molecular weight is 501 g/mol. The first-order chi connectivity index (χ1) is 17.6. The summed E-state index contributed by atoms with van der Waals surface area (Å²) in [6.45, 7) is 4.60. The van der Waals surface area contributed by atoms with Crippen molar-refractivity contribution in [1.82, 2.24) is 34.5 Å². The number of aromatic nitrogens is 7. The summed E-state index contributed by atoms with van der Waals surface area (Å²) in [6, 6.07) is 4.03. The van der Waals surface area contributed by atoms with Crippen LogP contribution in [-0.2, 0) is 6.54 Å². The van der Waals surface area contributed by atoms with Crippen molar-refractivity contribution >= 4 is 28.9 Å². The molecule has 2 saturated carbocycles. The third kappa shape index (κ3) is 4.57. The van der Waals surface area contributed by atoms with Crippen LogP contribution in [0.5, 0.6) is 0 Å². The fourth-order valence-corrected chi connectivity index (χ4v) is 5.14. The van der Waals surface area contributed by atoms with Crippen LogP contribution in [0.2, 0.25) is 0 Å². The van der Waals surface area contributed by atoms with E-state index in [1.165, 1.54) is 0 Å². The summed E-state index contributed by atoms with van der Waals surface area (Å²) in [5, 5.41) is 3.20. The normalized spacial score (nSPS) is 16.3. The molecule has 0 spiro atoms. The first-order valence-electron chi connectivity index (χ1n) is 12.5. The van der Waals surface area contributed by atoms with Crippen LogP contribution >= 0.6 is 11.8 Å². The Labute approximate surface area is 213 Å². The number of fused-ring (bicyclic) bond motifs is 1. The number of pyridine rings is 1. The fraction of sp³-hybridized carbons (Fsp3) is 0.423. The van der Waals surface area contributed by atoms with E-state index in [0.717, 1.165) is 53.4 Å². The van der Waals surface area contributed by atoms with Crippen molar-refractivity contribution in [3.8, 4) is 11.4 Å². The van der Waals surface area contributed by atoms with Crippen LogP contribution in [0.3, 0.4) is 0 Å². The van der Waals surface area contributed by atoms with E-state index in [1.807, 2.05) is 12.3 Å².